The molecule has 26 heavy (non-hydrogen) atoms. The zero-order valence-electron chi connectivity index (χ0n) is 14.3. The van der Waals surface area contributed by atoms with Gasteiger partial charge in [-0.05, 0) is 0 Å². The normalized spacial score (nSPS) is 13.8. The maximum Gasteiger partial charge on any atom is 0.254 e. The third-order valence-corrected chi connectivity index (χ3v) is 4.16. The molecule has 1 aliphatic rings. The molecule has 0 saturated heterocycles. The zero-order chi connectivity index (χ0) is 18.4. The van der Waals surface area contributed by atoms with Gasteiger partial charge in [0.1, 0.15) is 6.54 Å². The van der Waals surface area contributed by atoms with Crippen LogP contribution >= 0.6 is 0 Å². The van der Waals surface area contributed by atoms with Crippen LogP contribution < -0.4 is 10.9 Å². The zero-order valence-corrected chi connectivity index (χ0v) is 14.3. The van der Waals surface area contributed by atoms with Crippen LogP contribution in [0.15, 0.2) is 57.7 Å². The van der Waals surface area contributed by atoms with E-state index < -0.39 is 5.66 Å². The molecule has 2 aromatic rings. The lowest BCUT2D eigenvalue weighted by Crippen LogP contribution is -2.34. The molecule has 132 valence electrons. The van der Waals surface area contributed by atoms with Gasteiger partial charge < -0.3 is 5.32 Å². The summed E-state index contributed by atoms with van der Waals surface area (Å²) >= 11 is 0. The Kier molecular flexibility index (Phi) is 5.23. The van der Waals surface area contributed by atoms with Crippen molar-refractivity contribution in [2.75, 3.05) is 6.54 Å². The highest BCUT2D eigenvalue weighted by Crippen LogP contribution is 2.35. The van der Waals surface area contributed by atoms with E-state index in [4.69, 9.17) is 6.42 Å². The van der Waals surface area contributed by atoms with Crippen molar-refractivity contribution in [1.29, 1.82) is 0 Å². The van der Waals surface area contributed by atoms with Gasteiger partial charge in [-0.1, -0.05) is 30.3 Å². The average Bonchev–Trinajstić information content (AvgIpc) is 3.42. The molecule has 7 nitrogen and oxygen atoms in total. The highest BCUT2D eigenvalue weighted by atomic mass is 16.2. The van der Waals surface area contributed by atoms with Crippen molar-refractivity contribution in [2.45, 2.75) is 31.5 Å². The Morgan fingerprint density at radius 3 is 2.65 bits per heavy atom. The molecule has 2 heterocycles. The molecule has 0 aliphatic carbocycles. The Balaban J connectivity index is 1.52. The van der Waals surface area contributed by atoms with Crippen LogP contribution in [-0.2, 0) is 11.3 Å². The van der Waals surface area contributed by atoms with E-state index in [1.165, 1.54) is 17.0 Å². The first kappa shape index (κ1) is 17.5. The number of hydrogen-bond donors (Lipinski definition) is 1. The van der Waals surface area contributed by atoms with Gasteiger partial charge in [-0.25, -0.2) is 4.98 Å². The summed E-state index contributed by atoms with van der Waals surface area (Å²) < 4.78 is 1.28. The summed E-state index contributed by atoms with van der Waals surface area (Å²) in [5.41, 5.74) is 0.747. The van der Waals surface area contributed by atoms with Crippen molar-refractivity contribution in [3.8, 4) is 23.6 Å². The number of hydrogen-bond acceptors (Lipinski definition) is 5. The lowest BCUT2D eigenvalue weighted by atomic mass is 10.0. The lowest BCUT2D eigenvalue weighted by Gasteiger charge is -2.10. The van der Waals surface area contributed by atoms with Gasteiger partial charge in [0.2, 0.25) is 5.91 Å². The molecule has 1 aromatic carbocycles. The maximum atomic E-state index is 12.2. The molecule has 1 amide bonds. The van der Waals surface area contributed by atoms with Gasteiger partial charge in [-0.15, -0.1) is 12.3 Å². The Morgan fingerprint density at radius 2 is 2.00 bits per heavy atom. The fourth-order valence-corrected chi connectivity index (χ4v) is 2.59. The minimum Gasteiger partial charge on any atom is -0.354 e. The molecular formula is C19H19N5O2. The first-order valence-electron chi connectivity index (χ1n) is 8.38. The maximum absolute atomic E-state index is 12.2. The Labute approximate surface area is 151 Å². The number of terminal acetylenes is 1. The van der Waals surface area contributed by atoms with Crippen molar-refractivity contribution in [1.82, 2.24) is 14.9 Å². The predicted octanol–water partition coefficient (Wildman–Crippen LogP) is 1.99. The number of aromatic nitrogens is 2. The van der Waals surface area contributed by atoms with E-state index in [1.54, 1.807) is 0 Å². The molecule has 0 bridgehead atoms. The number of rotatable bonds is 8. The summed E-state index contributed by atoms with van der Waals surface area (Å²) in [7, 11) is 0. The van der Waals surface area contributed by atoms with Gasteiger partial charge in [0, 0.05) is 37.4 Å². The predicted molar refractivity (Wildman–Crippen MR) is 97.2 cm³/mol. The molecule has 0 radical (unpaired) electrons. The van der Waals surface area contributed by atoms with Gasteiger partial charge >= 0.3 is 0 Å². The first-order chi connectivity index (χ1) is 12.6. The molecule has 0 spiro atoms. The number of carbonyl (C=O) groups excluding carboxylic acids is 1. The highest BCUT2D eigenvalue weighted by Gasteiger charge is 2.38. The number of amides is 1. The van der Waals surface area contributed by atoms with E-state index in [0.717, 1.165) is 5.56 Å². The molecule has 0 unspecified atom stereocenters. The molecule has 3 rings (SSSR count). The molecular weight excluding hydrogens is 330 g/mol. The van der Waals surface area contributed by atoms with E-state index >= 15 is 0 Å². The van der Waals surface area contributed by atoms with Gasteiger partial charge in [0.05, 0.1) is 12.0 Å². The number of nitrogens with zero attached hydrogens (tertiary/aromatic N) is 4. The molecule has 1 aromatic heterocycles. The molecule has 0 atom stereocenters. The second-order valence-electron chi connectivity index (χ2n) is 6.09. The monoisotopic (exact) mass is 349 g/mol. The minimum atomic E-state index is -0.421. The molecule has 0 saturated carbocycles. The van der Waals surface area contributed by atoms with Crippen LogP contribution in [0.1, 0.15) is 19.3 Å². The third kappa shape index (κ3) is 4.42. The summed E-state index contributed by atoms with van der Waals surface area (Å²) in [5.74, 6) is 2.31. The topological polar surface area (TPSA) is 88.7 Å². The summed E-state index contributed by atoms with van der Waals surface area (Å²) in [6.45, 7) is 0.354. The van der Waals surface area contributed by atoms with E-state index in [0.29, 0.717) is 31.5 Å². The van der Waals surface area contributed by atoms with Gasteiger partial charge in [0.25, 0.3) is 5.56 Å². The second kappa shape index (κ2) is 7.74. The van der Waals surface area contributed by atoms with Gasteiger partial charge in [-0.2, -0.15) is 10.2 Å². The fourth-order valence-electron chi connectivity index (χ4n) is 2.59. The van der Waals surface area contributed by atoms with Crippen molar-refractivity contribution in [3.05, 3.63) is 53.1 Å². The van der Waals surface area contributed by atoms with E-state index in [2.05, 4.69) is 26.4 Å². The SMILES string of the molecule is C#CCCC1(CCNC(=O)Cn2cnc(-c3ccccc3)cc2=O)N=N1. The number of nitrogens with one attached hydrogen (secondary N) is 1. The second-order valence-corrected chi connectivity index (χ2v) is 6.09. The van der Waals surface area contributed by atoms with Crippen LogP contribution in [0, 0.1) is 12.3 Å². The summed E-state index contributed by atoms with van der Waals surface area (Å²) in [6.07, 6.45) is 8.56. The van der Waals surface area contributed by atoms with Crippen molar-refractivity contribution >= 4 is 5.91 Å². The van der Waals surface area contributed by atoms with Gasteiger partial charge in [0.15, 0.2) is 5.66 Å². The largest absolute Gasteiger partial charge is 0.354 e. The van der Waals surface area contributed by atoms with Crippen molar-refractivity contribution in [3.63, 3.8) is 0 Å². The van der Waals surface area contributed by atoms with Crippen LogP contribution in [0.25, 0.3) is 11.3 Å². The highest BCUT2D eigenvalue weighted by molar-refractivity contribution is 5.75. The summed E-state index contributed by atoms with van der Waals surface area (Å²) in [5, 5.41) is 10.8. The summed E-state index contributed by atoms with van der Waals surface area (Å²) in [4.78, 5) is 28.5. The molecule has 1 aliphatic heterocycles. The summed E-state index contributed by atoms with van der Waals surface area (Å²) in [6, 6.07) is 10.8. The van der Waals surface area contributed by atoms with E-state index in [-0.39, 0.29) is 18.0 Å². The lowest BCUT2D eigenvalue weighted by molar-refractivity contribution is -0.121. The molecule has 1 N–H and O–H groups in total. The Morgan fingerprint density at radius 1 is 1.23 bits per heavy atom. The third-order valence-electron chi connectivity index (χ3n) is 4.16. The Bertz CT molecular complexity index is 906. The Hall–Kier alpha value is -3.27. The van der Waals surface area contributed by atoms with Crippen molar-refractivity contribution < 1.29 is 4.79 Å². The number of carbonyl (C=O) groups is 1. The van der Waals surface area contributed by atoms with Crippen LogP contribution in [0.3, 0.4) is 0 Å². The minimum absolute atomic E-state index is 0.0768. The van der Waals surface area contributed by atoms with Gasteiger partial charge in [-0.3, -0.25) is 14.2 Å². The fraction of sp³-hybridized carbons (Fsp3) is 0.316. The average molecular weight is 349 g/mol. The van der Waals surface area contributed by atoms with Crippen LogP contribution in [0.5, 0.6) is 0 Å². The quantitative estimate of drug-likeness (QED) is 0.739. The molecule has 0 fully saturated rings. The van der Waals surface area contributed by atoms with E-state index in [9.17, 15) is 9.59 Å². The van der Waals surface area contributed by atoms with Crippen LogP contribution in [-0.4, -0.2) is 27.7 Å². The number of benzene rings is 1. The smallest absolute Gasteiger partial charge is 0.254 e. The van der Waals surface area contributed by atoms with Crippen molar-refractivity contribution in [2.24, 2.45) is 10.2 Å². The van der Waals surface area contributed by atoms with E-state index in [1.807, 2.05) is 30.3 Å². The first-order valence-corrected chi connectivity index (χ1v) is 8.38. The van der Waals surface area contributed by atoms with Crippen LogP contribution in [0.4, 0.5) is 0 Å². The van der Waals surface area contributed by atoms with Crippen LogP contribution in [0.2, 0.25) is 0 Å². The molecule has 7 heteroatoms. The standard InChI is InChI=1S/C19H19N5O2/c1-2-3-9-19(22-23-19)10-11-20-17(25)13-24-14-21-16(12-18(24)26)15-7-5-4-6-8-15/h1,4-8,12,14H,3,9-11,13H2,(H,20,25).